The fourth-order valence-electron chi connectivity index (χ4n) is 1.40. The van der Waals surface area contributed by atoms with Crippen LogP contribution in [0.4, 0.5) is 0 Å². The molecule has 0 unspecified atom stereocenters. The molecule has 104 valence electrons. The van der Waals surface area contributed by atoms with Crippen LogP contribution in [0.3, 0.4) is 0 Å². The standard InChI is InChI=1S/C13H8Cl3NO2S/c14-10-3-1-9(2-4-10)13(16)17-20(18,19)12-7-5-11(15)6-8-12/h1-8H/b17-13-. The number of hydrogen-bond donors (Lipinski definition) is 0. The van der Waals surface area contributed by atoms with Gasteiger partial charge in [-0.3, -0.25) is 0 Å². The van der Waals surface area contributed by atoms with Crippen molar-refractivity contribution in [3.05, 3.63) is 64.1 Å². The van der Waals surface area contributed by atoms with Gasteiger partial charge in [-0.2, -0.15) is 8.42 Å². The molecule has 0 saturated carbocycles. The normalized spacial score (nSPS) is 12.4. The van der Waals surface area contributed by atoms with Gasteiger partial charge in [0.1, 0.15) is 5.17 Å². The van der Waals surface area contributed by atoms with Crippen molar-refractivity contribution in [2.45, 2.75) is 4.90 Å². The molecule has 0 N–H and O–H groups in total. The lowest BCUT2D eigenvalue weighted by atomic mass is 10.2. The Balaban J connectivity index is 2.37. The molecule has 0 atom stereocenters. The predicted octanol–water partition coefficient (Wildman–Crippen LogP) is 4.37. The molecular weight excluding hydrogens is 341 g/mol. The second kappa shape index (κ2) is 6.14. The van der Waals surface area contributed by atoms with Gasteiger partial charge in [-0.25, -0.2) is 0 Å². The van der Waals surface area contributed by atoms with Crippen LogP contribution in [-0.4, -0.2) is 13.6 Å². The van der Waals surface area contributed by atoms with Crippen LogP contribution < -0.4 is 0 Å². The number of nitrogens with zero attached hydrogens (tertiary/aromatic N) is 1. The zero-order chi connectivity index (χ0) is 14.8. The second-order valence-corrected chi connectivity index (χ2v) is 6.65. The van der Waals surface area contributed by atoms with Crippen LogP contribution in [0.1, 0.15) is 5.56 Å². The van der Waals surface area contributed by atoms with E-state index in [1.165, 1.54) is 24.3 Å². The number of benzene rings is 2. The van der Waals surface area contributed by atoms with Gasteiger partial charge in [0.25, 0.3) is 10.0 Å². The monoisotopic (exact) mass is 347 g/mol. The minimum absolute atomic E-state index is 0.0222. The van der Waals surface area contributed by atoms with Gasteiger partial charge in [0.05, 0.1) is 4.90 Å². The van der Waals surface area contributed by atoms with Gasteiger partial charge in [-0.05, 0) is 36.4 Å². The van der Waals surface area contributed by atoms with E-state index in [-0.39, 0.29) is 10.1 Å². The fourth-order valence-corrected chi connectivity index (χ4v) is 2.96. The van der Waals surface area contributed by atoms with Crippen molar-refractivity contribution < 1.29 is 8.42 Å². The maximum absolute atomic E-state index is 12.1. The Kier molecular flexibility index (Phi) is 4.70. The second-order valence-electron chi connectivity index (χ2n) is 3.82. The van der Waals surface area contributed by atoms with E-state index < -0.39 is 10.0 Å². The third-order valence-corrected chi connectivity index (χ3v) is 4.59. The third-order valence-electron chi connectivity index (χ3n) is 2.39. The molecule has 0 aliphatic heterocycles. The van der Waals surface area contributed by atoms with E-state index in [4.69, 9.17) is 34.8 Å². The Morgan fingerprint density at radius 2 is 1.30 bits per heavy atom. The lowest BCUT2D eigenvalue weighted by Crippen LogP contribution is -2.01. The van der Waals surface area contributed by atoms with Gasteiger partial charge >= 0.3 is 0 Å². The Morgan fingerprint density at radius 3 is 1.80 bits per heavy atom. The SMILES string of the molecule is O=S(=O)(/N=C(\Cl)c1ccc(Cl)cc1)c1ccc(Cl)cc1. The summed E-state index contributed by atoms with van der Waals surface area (Å²) in [6, 6.07) is 12.1. The molecular formula is C13H8Cl3NO2S. The van der Waals surface area contributed by atoms with Crippen molar-refractivity contribution >= 4 is 50.0 Å². The average molecular weight is 349 g/mol. The topological polar surface area (TPSA) is 46.5 Å². The lowest BCUT2D eigenvalue weighted by Gasteiger charge is -2.01. The molecule has 0 spiro atoms. The van der Waals surface area contributed by atoms with E-state index in [1.54, 1.807) is 24.3 Å². The zero-order valence-corrected chi connectivity index (χ0v) is 13.0. The molecule has 0 aliphatic rings. The number of sulfonamides is 1. The van der Waals surface area contributed by atoms with Crippen molar-refractivity contribution in [3.8, 4) is 0 Å². The summed E-state index contributed by atoms with van der Waals surface area (Å²) in [5.41, 5.74) is 0.466. The molecule has 0 radical (unpaired) electrons. The lowest BCUT2D eigenvalue weighted by molar-refractivity contribution is 0.598. The van der Waals surface area contributed by atoms with Crippen molar-refractivity contribution in [1.29, 1.82) is 0 Å². The van der Waals surface area contributed by atoms with Crippen molar-refractivity contribution in [3.63, 3.8) is 0 Å². The molecule has 2 aromatic carbocycles. The van der Waals surface area contributed by atoms with Crippen LogP contribution >= 0.6 is 34.8 Å². The van der Waals surface area contributed by atoms with Crippen LogP contribution in [-0.2, 0) is 10.0 Å². The molecule has 0 aliphatic carbocycles. The minimum atomic E-state index is -3.87. The smallest absolute Gasteiger partial charge is 0.199 e. The molecule has 0 amide bonds. The molecule has 3 nitrogen and oxygen atoms in total. The maximum atomic E-state index is 12.1. The molecule has 2 aromatic rings. The Morgan fingerprint density at radius 1 is 0.850 bits per heavy atom. The number of rotatable bonds is 3. The quantitative estimate of drug-likeness (QED) is 0.773. The highest BCUT2D eigenvalue weighted by Crippen LogP contribution is 2.19. The number of hydrogen-bond acceptors (Lipinski definition) is 2. The summed E-state index contributed by atoms with van der Waals surface area (Å²) in [6.45, 7) is 0. The summed E-state index contributed by atoms with van der Waals surface area (Å²) in [5, 5.41) is 0.840. The van der Waals surface area contributed by atoms with Crippen LogP contribution in [0, 0.1) is 0 Å². The van der Waals surface area contributed by atoms with E-state index in [0.717, 1.165) is 0 Å². The molecule has 2 rings (SSSR count). The van der Waals surface area contributed by atoms with Gasteiger partial charge in [0.15, 0.2) is 0 Å². The fraction of sp³-hybridized carbons (Fsp3) is 0. The van der Waals surface area contributed by atoms with Gasteiger partial charge in [-0.15, -0.1) is 4.40 Å². The van der Waals surface area contributed by atoms with Crippen LogP contribution in [0.5, 0.6) is 0 Å². The van der Waals surface area contributed by atoms with Crippen molar-refractivity contribution in [2.24, 2.45) is 4.40 Å². The van der Waals surface area contributed by atoms with E-state index in [0.29, 0.717) is 15.6 Å². The molecule has 0 aromatic heterocycles. The zero-order valence-electron chi connectivity index (χ0n) is 9.92. The minimum Gasteiger partial charge on any atom is -0.199 e. The summed E-state index contributed by atoms with van der Waals surface area (Å²) in [4.78, 5) is 0.0222. The average Bonchev–Trinajstić information content (AvgIpc) is 2.39. The molecule has 0 heterocycles. The highest BCUT2D eigenvalue weighted by molar-refractivity contribution is 7.90. The van der Waals surface area contributed by atoms with E-state index in [1.807, 2.05) is 0 Å². The van der Waals surface area contributed by atoms with Gasteiger partial charge in [0.2, 0.25) is 0 Å². The van der Waals surface area contributed by atoms with Gasteiger partial charge < -0.3 is 0 Å². The van der Waals surface area contributed by atoms with Gasteiger partial charge in [0, 0.05) is 15.6 Å². The van der Waals surface area contributed by atoms with E-state index >= 15 is 0 Å². The summed E-state index contributed by atoms with van der Waals surface area (Å²) < 4.78 is 27.7. The molecule has 0 bridgehead atoms. The molecule has 7 heteroatoms. The first kappa shape index (κ1) is 15.3. The summed E-state index contributed by atoms with van der Waals surface area (Å²) in [6.07, 6.45) is 0. The van der Waals surface area contributed by atoms with E-state index in [2.05, 4.69) is 4.40 Å². The van der Waals surface area contributed by atoms with Crippen molar-refractivity contribution in [1.82, 2.24) is 0 Å². The van der Waals surface area contributed by atoms with Crippen LogP contribution in [0.2, 0.25) is 10.0 Å². The first-order valence-corrected chi connectivity index (χ1v) is 7.98. The predicted molar refractivity (Wildman–Crippen MR) is 82.5 cm³/mol. The summed E-state index contributed by atoms with van der Waals surface area (Å²) >= 11 is 17.4. The Labute approximate surface area is 131 Å². The molecule has 0 fully saturated rings. The van der Waals surface area contributed by atoms with Crippen LogP contribution in [0.25, 0.3) is 0 Å². The Hall–Kier alpha value is -1.07. The summed E-state index contributed by atoms with van der Waals surface area (Å²) in [7, 11) is -3.87. The largest absolute Gasteiger partial charge is 0.283 e. The van der Waals surface area contributed by atoms with Crippen molar-refractivity contribution in [2.75, 3.05) is 0 Å². The first-order valence-electron chi connectivity index (χ1n) is 5.40. The van der Waals surface area contributed by atoms with E-state index in [9.17, 15) is 8.42 Å². The Bertz CT molecular complexity index is 738. The maximum Gasteiger partial charge on any atom is 0.283 e. The highest BCUT2D eigenvalue weighted by atomic mass is 35.5. The molecule has 0 saturated heterocycles. The highest BCUT2D eigenvalue weighted by Gasteiger charge is 2.14. The number of halogens is 3. The summed E-state index contributed by atoms with van der Waals surface area (Å²) in [5.74, 6) is 0. The van der Waals surface area contributed by atoms with Crippen LogP contribution in [0.15, 0.2) is 57.8 Å². The molecule has 20 heavy (non-hydrogen) atoms. The first-order chi connectivity index (χ1) is 9.38. The van der Waals surface area contributed by atoms with Gasteiger partial charge in [-0.1, -0.05) is 46.9 Å². The third kappa shape index (κ3) is 3.73.